The van der Waals surface area contributed by atoms with Gasteiger partial charge in [-0.05, 0) is 25.7 Å². The van der Waals surface area contributed by atoms with E-state index in [2.05, 4.69) is 5.32 Å². The molecule has 2 atom stereocenters. The highest BCUT2D eigenvalue weighted by molar-refractivity contribution is 7.90. The summed E-state index contributed by atoms with van der Waals surface area (Å²) in [5.41, 5.74) is 0. The Balaban J connectivity index is 2.88. The Hall–Kier alpha value is -1.64. The number of amides is 2. The first-order valence-corrected chi connectivity index (χ1v) is 11.2. The van der Waals surface area contributed by atoms with Crippen LogP contribution in [0.25, 0.3) is 0 Å². The number of sulfone groups is 1. The van der Waals surface area contributed by atoms with Crippen molar-refractivity contribution >= 4 is 27.6 Å². The maximum Gasteiger partial charge on any atom is 0.326 e. The molecule has 2 amide bonds. The number of likely N-dealkylation sites (tertiary alicyclic amines) is 1. The van der Waals surface area contributed by atoms with Crippen LogP contribution in [0.3, 0.4) is 0 Å². The molecule has 0 bridgehead atoms. The minimum Gasteiger partial charge on any atom is -0.480 e. The SMILES string of the molecule is CCCC(CCC)C(=O)NC(CCS(C)(=O)=O)C(=O)N1CCC1C(=O)O. The summed E-state index contributed by atoms with van der Waals surface area (Å²) >= 11 is 0. The van der Waals surface area contributed by atoms with Crippen LogP contribution >= 0.6 is 0 Å². The minimum absolute atomic E-state index is 0.0583. The lowest BCUT2D eigenvalue weighted by Crippen LogP contribution is -2.61. The summed E-state index contributed by atoms with van der Waals surface area (Å²) in [5, 5.41) is 11.8. The highest BCUT2D eigenvalue weighted by Gasteiger charge is 2.41. The van der Waals surface area contributed by atoms with E-state index in [0.717, 1.165) is 19.1 Å². The van der Waals surface area contributed by atoms with Crippen molar-refractivity contribution in [2.24, 2.45) is 5.92 Å². The first kappa shape index (κ1) is 22.4. The van der Waals surface area contributed by atoms with Crippen LogP contribution in [0, 0.1) is 5.92 Å². The van der Waals surface area contributed by atoms with E-state index >= 15 is 0 Å². The summed E-state index contributed by atoms with van der Waals surface area (Å²) in [5.74, 6) is -2.36. The number of carbonyl (C=O) groups excluding carboxylic acids is 2. The van der Waals surface area contributed by atoms with Crippen molar-refractivity contribution in [2.75, 3.05) is 18.6 Å². The maximum atomic E-state index is 12.7. The van der Waals surface area contributed by atoms with Crippen LogP contribution in [-0.4, -0.2) is 66.8 Å². The van der Waals surface area contributed by atoms with Gasteiger partial charge < -0.3 is 15.3 Å². The van der Waals surface area contributed by atoms with Crippen molar-refractivity contribution in [3.8, 4) is 0 Å². The van der Waals surface area contributed by atoms with Crippen LogP contribution in [-0.2, 0) is 24.2 Å². The number of carboxylic acid groups (broad SMARTS) is 1. The van der Waals surface area contributed by atoms with Crippen LogP contribution < -0.4 is 5.32 Å². The third-order valence-electron chi connectivity index (χ3n) is 4.62. The van der Waals surface area contributed by atoms with Crippen LogP contribution in [0.4, 0.5) is 0 Å². The fraction of sp³-hybridized carbons (Fsp3) is 0.824. The first-order valence-electron chi connectivity index (χ1n) is 9.12. The van der Waals surface area contributed by atoms with Gasteiger partial charge in [0.05, 0.1) is 5.75 Å². The zero-order valence-corrected chi connectivity index (χ0v) is 16.5. The lowest BCUT2D eigenvalue weighted by molar-refractivity contribution is -0.158. The smallest absolute Gasteiger partial charge is 0.326 e. The molecule has 1 rings (SSSR count). The molecule has 0 aromatic heterocycles. The van der Waals surface area contributed by atoms with Crippen molar-refractivity contribution in [3.05, 3.63) is 0 Å². The monoisotopic (exact) mass is 390 g/mol. The summed E-state index contributed by atoms with van der Waals surface area (Å²) in [6.45, 7) is 4.24. The van der Waals surface area contributed by atoms with E-state index in [1.54, 1.807) is 0 Å². The zero-order chi connectivity index (χ0) is 19.9. The molecule has 2 N–H and O–H groups in total. The third-order valence-corrected chi connectivity index (χ3v) is 5.60. The molecular weight excluding hydrogens is 360 g/mol. The Morgan fingerprint density at radius 2 is 1.73 bits per heavy atom. The molecule has 9 heteroatoms. The molecule has 0 spiro atoms. The lowest BCUT2D eigenvalue weighted by atomic mass is 9.96. The standard InChI is InChI=1S/C17H30N2O6S/c1-4-6-12(7-5-2)15(20)18-13(9-11-26(3,24)25)16(21)19-10-8-14(19)17(22)23/h12-14H,4-11H2,1-3H3,(H,18,20)(H,22,23). The summed E-state index contributed by atoms with van der Waals surface area (Å²) in [6.07, 6.45) is 4.40. The fourth-order valence-electron chi connectivity index (χ4n) is 3.09. The Morgan fingerprint density at radius 1 is 1.15 bits per heavy atom. The van der Waals surface area contributed by atoms with Gasteiger partial charge in [0.25, 0.3) is 0 Å². The number of hydrogen-bond donors (Lipinski definition) is 2. The van der Waals surface area contributed by atoms with E-state index in [0.29, 0.717) is 25.8 Å². The third kappa shape index (κ3) is 6.59. The van der Waals surface area contributed by atoms with Crippen LogP contribution in [0.2, 0.25) is 0 Å². The van der Waals surface area contributed by atoms with Gasteiger partial charge >= 0.3 is 5.97 Å². The molecule has 0 saturated carbocycles. The summed E-state index contributed by atoms with van der Waals surface area (Å²) in [4.78, 5) is 37.6. The molecule has 1 aliphatic heterocycles. The molecule has 0 aliphatic carbocycles. The number of rotatable bonds is 11. The molecule has 1 aliphatic rings. The highest BCUT2D eigenvalue weighted by Crippen LogP contribution is 2.20. The highest BCUT2D eigenvalue weighted by atomic mass is 32.2. The van der Waals surface area contributed by atoms with E-state index in [4.69, 9.17) is 5.11 Å². The number of nitrogens with one attached hydrogen (secondary N) is 1. The van der Waals surface area contributed by atoms with Gasteiger partial charge in [0.15, 0.2) is 0 Å². The Bertz CT molecular complexity index is 613. The summed E-state index contributed by atoms with van der Waals surface area (Å²) in [6, 6.07) is -1.92. The van der Waals surface area contributed by atoms with Crippen LogP contribution in [0.5, 0.6) is 0 Å². The van der Waals surface area contributed by atoms with E-state index in [1.807, 2.05) is 13.8 Å². The van der Waals surface area contributed by atoms with Crippen LogP contribution in [0.1, 0.15) is 52.4 Å². The van der Waals surface area contributed by atoms with Gasteiger partial charge in [-0.15, -0.1) is 0 Å². The largest absolute Gasteiger partial charge is 0.480 e. The second-order valence-corrected chi connectivity index (χ2v) is 9.19. The Morgan fingerprint density at radius 3 is 2.12 bits per heavy atom. The molecule has 1 heterocycles. The van der Waals surface area contributed by atoms with E-state index in [1.165, 1.54) is 4.90 Å². The van der Waals surface area contributed by atoms with Crippen LogP contribution in [0.15, 0.2) is 0 Å². The molecule has 0 radical (unpaired) electrons. The summed E-state index contributed by atoms with van der Waals surface area (Å²) < 4.78 is 23.0. The van der Waals surface area contributed by atoms with E-state index < -0.39 is 33.8 Å². The number of carboxylic acids is 1. The Kier molecular flexibility index (Phi) is 8.52. The molecular formula is C17H30N2O6S. The molecule has 150 valence electrons. The molecule has 26 heavy (non-hydrogen) atoms. The lowest BCUT2D eigenvalue weighted by Gasteiger charge is -2.40. The van der Waals surface area contributed by atoms with Crippen molar-refractivity contribution in [3.63, 3.8) is 0 Å². The van der Waals surface area contributed by atoms with Gasteiger partial charge in [-0.3, -0.25) is 9.59 Å². The van der Waals surface area contributed by atoms with E-state index in [9.17, 15) is 22.8 Å². The molecule has 1 fully saturated rings. The van der Waals surface area contributed by atoms with Crippen molar-refractivity contribution in [1.82, 2.24) is 10.2 Å². The molecule has 0 aromatic carbocycles. The van der Waals surface area contributed by atoms with Gasteiger partial charge in [0.1, 0.15) is 21.9 Å². The number of nitrogens with zero attached hydrogens (tertiary/aromatic N) is 1. The molecule has 0 aromatic rings. The van der Waals surface area contributed by atoms with Crippen molar-refractivity contribution < 1.29 is 27.9 Å². The van der Waals surface area contributed by atoms with E-state index in [-0.39, 0.29) is 24.0 Å². The maximum absolute atomic E-state index is 12.7. The van der Waals surface area contributed by atoms with Gasteiger partial charge in [-0.25, -0.2) is 13.2 Å². The predicted octanol–water partition coefficient (Wildman–Crippen LogP) is 0.808. The quantitative estimate of drug-likeness (QED) is 0.538. The van der Waals surface area contributed by atoms with Gasteiger partial charge in [-0.2, -0.15) is 0 Å². The topological polar surface area (TPSA) is 121 Å². The van der Waals surface area contributed by atoms with Crippen molar-refractivity contribution in [1.29, 1.82) is 0 Å². The second kappa shape index (κ2) is 9.89. The minimum atomic E-state index is -3.31. The Labute approximate surface area is 155 Å². The number of hydrogen-bond acceptors (Lipinski definition) is 5. The van der Waals surface area contributed by atoms with Gasteiger partial charge in [0.2, 0.25) is 11.8 Å². The molecule has 2 unspecified atom stereocenters. The zero-order valence-electron chi connectivity index (χ0n) is 15.7. The molecule has 1 saturated heterocycles. The van der Waals surface area contributed by atoms with Crippen molar-refractivity contribution in [2.45, 2.75) is 64.5 Å². The average Bonchev–Trinajstić information content (AvgIpc) is 2.48. The predicted molar refractivity (Wildman–Crippen MR) is 97.3 cm³/mol. The fourth-order valence-corrected chi connectivity index (χ4v) is 3.75. The first-order chi connectivity index (χ1) is 12.1. The second-order valence-electron chi connectivity index (χ2n) is 6.93. The van der Waals surface area contributed by atoms with Gasteiger partial charge in [0, 0.05) is 18.7 Å². The van der Waals surface area contributed by atoms with Gasteiger partial charge in [-0.1, -0.05) is 26.7 Å². The number of aliphatic carboxylic acids is 1. The number of carbonyl (C=O) groups is 3. The average molecular weight is 391 g/mol. The normalized spacial score (nSPS) is 18.3. The summed E-state index contributed by atoms with van der Waals surface area (Å²) in [7, 11) is -3.31. The molecule has 8 nitrogen and oxygen atoms in total.